The lowest BCUT2D eigenvalue weighted by Gasteiger charge is -2.30. The maximum Gasteiger partial charge on any atom is 0.338 e. The van der Waals surface area contributed by atoms with Crippen molar-refractivity contribution < 1.29 is 24.1 Å². The number of hydrogen-bond donors (Lipinski definition) is 1. The van der Waals surface area contributed by atoms with Gasteiger partial charge in [-0.2, -0.15) is 0 Å². The van der Waals surface area contributed by atoms with Crippen LogP contribution in [0.4, 0.5) is 0 Å². The molecular formula is C28H28N4O5. The summed E-state index contributed by atoms with van der Waals surface area (Å²) in [7, 11) is 1.34. The maximum atomic E-state index is 13.5. The summed E-state index contributed by atoms with van der Waals surface area (Å²) >= 11 is 0. The van der Waals surface area contributed by atoms with E-state index in [2.05, 4.69) is 10.0 Å². The molecule has 0 unspecified atom stereocenters. The molecule has 9 heteroatoms. The van der Waals surface area contributed by atoms with Crippen molar-refractivity contribution in [3.8, 4) is 5.75 Å². The Labute approximate surface area is 215 Å². The molecule has 9 nitrogen and oxygen atoms in total. The summed E-state index contributed by atoms with van der Waals surface area (Å²) in [5.41, 5.74) is 10.5. The zero-order valence-corrected chi connectivity index (χ0v) is 20.5. The molecule has 0 saturated heterocycles. The molecule has 1 aliphatic heterocycles. The lowest BCUT2D eigenvalue weighted by molar-refractivity contribution is -0.149. The molecule has 0 aliphatic carbocycles. The summed E-state index contributed by atoms with van der Waals surface area (Å²) in [5, 5.41) is 12.7. The average molecular weight is 501 g/mol. The van der Waals surface area contributed by atoms with Gasteiger partial charge < -0.3 is 19.3 Å². The number of esters is 1. The Kier molecular flexibility index (Phi) is 8.40. The Morgan fingerprint density at radius 1 is 1.08 bits per heavy atom. The Bertz CT molecular complexity index is 1290. The van der Waals surface area contributed by atoms with Gasteiger partial charge in [-0.3, -0.25) is 0 Å². The van der Waals surface area contributed by atoms with E-state index in [0.717, 1.165) is 16.7 Å². The van der Waals surface area contributed by atoms with Crippen molar-refractivity contribution >= 4 is 11.9 Å². The van der Waals surface area contributed by atoms with Gasteiger partial charge in [-0.05, 0) is 46.5 Å². The van der Waals surface area contributed by atoms with Gasteiger partial charge in [-0.15, -0.1) is 0 Å². The monoisotopic (exact) mass is 500 g/mol. The number of azide groups is 1. The van der Waals surface area contributed by atoms with E-state index in [1.807, 2.05) is 66.7 Å². The second-order valence-corrected chi connectivity index (χ2v) is 8.53. The minimum absolute atomic E-state index is 0.0607. The summed E-state index contributed by atoms with van der Waals surface area (Å²) in [5.74, 6) is 0.439. The number of nitrogens with zero attached hydrogens (tertiary/aromatic N) is 4. The molecule has 190 valence electrons. The van der Waals surface area contributed by atoms with Gasteiger partial charge >= 0.3 is 5.97 Å². The van der Waals surface area contributed by atoms with Gasteiger partial charge in [0.05, 0.1) is 20.3 Å². The van der Waals surface area contributed by atoms with Crippen LogP contribution < -0.4 is 4.74 Å². The van der Waals surface area contributed by atoms with Gasteiger partial charge in [-0.1, -0.05) is 59.7 Å². The summed E-state index contributed by atoms with van der Waals surface area (Å²) in [6.07, 6.45) is -0.0226. The molecule has 1 aliphatic rings. The second-order valence-electron chi connectivity index (χ2n) is 8.53. The van der Waals surface area contributed by atoms with Crippen LogP contribution in [0, 0.1) is 0 Å². The third-order valence-electron chi connectivity index (χ3n) is 6.16. The molecule has 1 N–H and O–H groups in total. The van der Waals surface area contributed by atoms with Crippen LogP contribution in [0.2, 0.25) is 0 Å². The Hall–Kier alpha value is -4.33. The molecule has 3 aromatic rings. The largest absolute Gasteiger partial charge is 0.494 e. The minimum atomic E-state index is -1.41. The van der Waals surface area contributed by atoms with Crippen molar-refractivity contribution in [3.63, 3.8) is 0 Å². The number of aliphatic hydroxyl groups is 1. The first-order valence-corrected chi connectivity index (χ1v) is 11.9. The van der Waals surface area contributed by atoms with E-state index in [0.29, 0.717) is 30.2 Å². The van der Waals surface area contributed by atoms with Gasteiger partial charge in [0.1, 0.15) is 5.75 Å². The van der Waals surface area contributed by atoms with Crippen molar-refractivity contribution in [1.82, 2.24) is 0 Å². The normalized spacial score (nSPS) is 18.3. The van der Waals surface area contributed by atoms with E-state index < -0.39 is 17.6 Å². The number of aliphatic imine (C=N–C) groups is 1. The number of benzene rings is 3. The number of aliphatic hydroxyl groups excluding tert-OH is 1. The Balaban J connectivity index is 1.77. The standard InChI is InChI=1S/C28H28N4O5/c1-35-27(34)28(18-22-10-5-6-11-23(22)19-30-32-29)25(20-8-3-2-4-9-20)37-26(31-28)21-12-14-24(15-13-21)36-17-7-16-33/h2-6,8-15,25,33H,7,16-19H2,1H3/t25-,28-/m0/s1. The fourth-order valence-electron chi connectivity index (χ4n) is 4.34. The topological polar surface area (TPSA) is 126 Å². The molecule has 2 atom stereocenters. The molecule has 0 amide bonds. The van der Waals surface area contributed by atoms with Crippen LogP contribution >= 0.6 is 0 Å². The average Bonchev–Trinajstić information content (AvgIpc) is 3.33. The van der Waals surface area contributed by atoms with E-state index in [1.165, 1.54) is 7.11 Å². The lowest BCUT2D eigenvalue weighted by atomic mass is 9.81. The predicted molar refractivity (Wildman–Crippen MR) is 138 cm³/mol. The number of hydrogen-bond acceptors (Lipinski definition) is 7. The molecule has 37 heavy (non-hydrogen) atoms. The van der Waals surface area contributed by atoms with Gasteiger partial charge in [0, 0.05) is 29.9 Å². The molecule has 3 aromatic carbocycles. The minimum Gasteiger partial charge on any atom is -0.494 e. The van der Waals surface area contributed by atoms with Crippen LogP contribution in [0.25, 0.3) is 10.4 Å². The summed E-state index contributed by atoms with van der Waals surface area (Å²) in [6.45, 7) is 0.615. The van der Waals surface area contributed by atoms with Crippen LogP contribution in [0.15, 0.2) is 89.0 Å². The summed E-state index contributed by atoms with van der Waals surface area (Å²) in [6, 6.07) is 24.1. The van der Waals surface area contributed by atoms with Crippen LogP contribution in [-0.4, -0.2) is 42.8 Å². The highest BCUT2D eigenvalue weighted by Crippen LogP contribution is 2.43. The molecule has 0 radical (unpaired) electrons. The van der Waals surface area contributed by atoms with Gasteiger partial charge in [0.2, 0.25) is 11.4 Å². The molecular weight excluding hydrogens is 472 g/mol. The maximum absolute atomic E-state index is 13.5. The second kappa shape index (κ2) is 12.1. The third-order valence-corrected chi connectivity index (χ3v) is 6.16. The highest BCUT2D eigenvalue weighted by molar-refractivity contribution is 6.00. The molecule has 1 heterocycles. The van der Waals surface area contributed by atoms with E-state index in [4.69, 9.17) is 29.8 Å². The van der Waals surface area contributed by atoms with E-state index in [1.54, 1.807) is 12.1 Å². The Morgan fingerprint density at radius 3 is 2.46 bits per heavy atom. The number of rotatable bonds is 11. The smallest absolute Gasteiger partial charge is 0.338 e. The first-order valence-electron chi connectivity index (χ1n) is 11.9. The van der Waals surface area contributed by atoms with Crippen LogP contribution in [-0.2, 0) is 27.2 Å². The first-order chi connectivity index (χ1) is 18.1. The molecule has 0 spiro atoms. The van der Waals surface area contributed by atoms with Crippen molar-refractivity contribution in [2.75, 3.05) is 20.3 Å². The molecule has 0 fully saturated rings. The van der Waals surface area contributed by atoms with Crippen LogP contribution in [0.1, 0.15) is 34.8 Å². The zero-order chi connectivity index (χ0) is 26.1. The van der Waals surface area contributed by atoms with Crippen molar-refractivity contribution in [1.29, 1.82) is 0 Å². The van der Waals surface area contributed by atoms with Crippen molar-refractivity contribution in [3.05, 3.63) is 112 Å². The lowest BCUT2D eigenvalue weighted by Crippen LogP contribution is -2.44. The van der Waals surface area contributed by atoms with Crippen LogP contribution in [0.5, 0.6) is 5.75 Å². The third kappa shape index (κ3) is 5.74. The number of carbonyl (C=O) groups is 1. The number of methoxy groups -OCH3 is 1. The zero-order valence-electron chi connectivity index (χ0n) is 20.5. The van der Waals surface area contributed by atoms with Crippen molar-refractivity contribution in [2.24, 2.45) is 10.1 Å². The van der Waals surface area contributed by atoms with Gasteiger partial charge in [-0.25, -0.2) is 9.79 Å². The van der Waals surface area contributed by atoms with Gasteiger partial charge in [0.15, 0.2) is 6.10 Å². The van der Waals surface area contributed by atoms with E-state index in [9.17, 15) is 4.79 Å². The molecule has 0 saturated carbocycles. The summed E-state index contributed by atoms with van der Waals surface area (Å²) < 4.78 is 17.3. The predicted octanol–water partition coefficient (Wildman–Crippen LogP) is 4.93. The van der Waals surface area contributed by atoms with Crippen LogP contribution in [0.3, 0.4) is 0 Å². The first kappa shape index (κ1) is 25.8. The number of ether oxygens (including phenoxy) is 3. The molecule has 0 bridgehead atoms. The van der Waals surface area contributed by atoms with Crippen molar-refractivity contribution in [2.45, 2.75) is 31.0 Å². The highest BCUT2D eigenvalue weighted by atomic mass is 16.5. The SMILES string of the molecule is COC(=O)[C@@]1(Cc2ccccc2CN=[N+]=[N-])N=C(c2ccc(OCCCO)cc2)O[C@H]1c1ccccc1. The van der Waals surface area contributed by atoms with Gasteiger partial charge in [0.25, 0.3) is 0 Å². The van der Waals surface area contributed by atoms with E-state index in [-0.39, 0.29) is 19.6 Å². The Morgan fingerprint density at radius 2 is 1.78 bits per heavy atom. The summed E-state index contributed by atoms with van der Waals surface area (Å²) in [4.78, 5) is 21.3. The molecule has 4 rings (SSSR count). The molecule has 0 aromatic heterocycles. The highest BCUT2D eigenvalue weighted by Gasteiger charge is 2.54. The quantitative estimate of drug-likeness (QED) is 0.131. The van der Waals surface area contributed by atoms with E-state index >= 15 is 0 Å². The number of carbonyl (C=O) groups excluding carboxylic acids is 1. The fourth-order valence-corrected chi connectivity index (χ4v) is 4.34. The fraction of sp³-hybridized carbons (Fsp3) is 0.286.